The zero-order valence-electron chi connectivity index (χ0n) is 9.01. The minimum Gasteiger partial charge on any atom is -0.381 e. The predicted octanol–water partition coefficient (Wildman–Crippen LogP) is 0.280. The maximum Gasteiger partial charge on any atom is 0.233 e. The molecule has 0 radical (unpaired) electrons. The number of likely N-dealkylation sites (N-methyl/N-ethyl adjacent to an activating group) is 1. The van der Waals surface area contributed by atoms with Crippen LogP contribution >= 0.6 is 0 Å². The van der Waals surface area contributed by atoms with E-state index in [4.69, 9.17) is 4.74 Å². The van der Waals surface area contributed by atoms with E-state index >= 15 is 0 Å². The first-order valence-electron chi connectivity index (χ1n) is 5.29. The van der Waals surface area contributed by atoms with E-state index in [2.05, 4.69) is 10.6 Å². The lowest BCUT2D eigenvalue weighted by Gasteiger charge is -2.12. The Morgan fingerprint density at radius 1 is 1.50 bits per heavy atom. The van der Waals surface area contributed by atoms with Crippen molar-refractivity contribution in [3.8, 4) is 0 Å². The molecular formula is C10H20N2O2. The van der Waals surface area contributed by atoms with Crippen LogP contribution in [0.5, 0.6) is 0 Å². The van der Waals surface area contributed by atoms with Crippen LogP contribution in [0.2, 0.25) is 0 Å². The first-order chi connectivity index (χ1) is 6.76. The van der Waals surface area contributed by atoms with Crippen molar-refractivity contribution in [1.29, 1.82) is 0 Å². The smallest absolute Gasteiger partial charge is 0.233 e. The molecule has 0 aliphatic heterocycles. The third kappa shape index (κ3) is 3.64. The maximum absolute atomic E-state index is 11.1. The summed E-state index contributed by atoms with van der Waals surface area (Å²) < 4.78 is 5.26. The molecule has 1 saturated carbocycles. The van der Waals surface area contributed by atoms with Crippen molar-refractivity contribution in [2.45, 2.75) is 38.3 Å². The molecule has 0 aromatic heterocycles. The Bertz CT molecular complexity index is 185. The molecule has 0 aromatic rings. The molecule has 0 heterocycles. The fourth-order valence-corrected chi connectivity index (χ4v) is 1.84. The van der Waals surface area contributed by atoms with Gasteiger partial charge in [-0.05, 0) is 26.2 Å². The van der Waals surface area contributed by atoms with Crippen LogP contribution in [0.15, 0.2) is 0 Å². The van der Waals surface area contributed by atoms with Crippen LogP contribution in [0.25, 0.3) is 0 Å². The lowest BCUT2D eigenvalue weighted by atomic mass is 10.2. The zero-order chi connectivity index (χ0) is 10.4. The van der Waals surface area contributed by atoms with Crippen molar-refractivity contribution in [2.24, 2.45) is 0 Å². The van der Waals surface area contributed by atoms with Crippen LogP contribution in [0.1, 0.15) is 26.2 Å². The highest BCUT2D eigenvalue weighted by Crippen LogP contribution is 2.20. The van der Waals surface area contributed by atoms with Crippen LogP contribution in [0.4, 0.5) is 0 Å². The number of ether oxygens (including phenoxy) is 1. The molecule has 0 bridgehead atoms. The molecule has 1 fully saturated rings. The van der Waals surface area contributed by atoms with Gasteiger partial charge in [-0.25, -0.2) is 0 Å². The van der Waals surface area contributed by atoms with Gasteiger partial charge in [-0.1, -0.05) is 0 Å². The number of carbonyl (C=O) groups is 1. The van der Waals surface area contributed by atoms with Crippen molar-refractivity contribution in [2.75, 3.05) is 20.2 Å². The van der Waals surface area contributed by atoms with Crippen LogP contribution in [-0.4, -0.2) is 38.3 Å². The van der Waals surface area contributed by atoms with Crippen molar-refractivity contribution >= 4 is 5.91 Å². The Hall–Kier alpha value is -0.610. The summed E-state index contributed by atoms with van der Waals surface area (Å²) in [6.07, 6.45) is 3.61. The van der Waals surface area contributed by atoms with E-state index in [-0.39, 0.29) is 5.91 Å². The molecule has 1 aliphatic carbocycles. The number of amides is 1. The summed E-state index contributed by atoms with van der Waals surface area (Å²) >= 11 is 0. The molecule has 4 nitrogen and oxygen atoms in total. The van der Waals surface area contributed by atoms with E-state index < -0.39 is 0 Å². The Morgan fingerprint density at radius 2 is 2.29 bits per heavy atom. The normalized spacial score (nSPS) is 26.4. The van der Waals surface area contributed by atoms with Gasteiger partial charge >= 0.3 is 0 Å². The highest BCUT2D eigenvalue weighted by Gasteiger charge is 2.24. The molecule has 0 saturated heterocycles. The predicted molar refractivity (Wildman–Crippen MR) is 55.1 cm³/mol. The Labute approximate surface area is 85.4 Å². The fraction of sp³-hybridized carbons (Fsp3) is 0.900. The molecule has 1 rings (SSSR count). The van der Waals surface area contributed by atoms with Gasteiger partial charge in [-0.15, -0.1) is 0 Å². The summed E-state index contributed by atoms with van der Waals surface area (Å²) in [5, 5.41) is 6.00. The molecule has 0 aromatic carbocycles. The molecule has 2 atom stereocenters. The standard InChI is InChI=1S/C10H20N2O2/c1-3-11-10(13)7-12-8-4-5-9(6-8)14-2/h8-9,12H,3-7H2,1-2H3,(H,11,13). The van der Waals surface area contributed by atoms with Crippen molar-refractivity contribution < 1.29 is 9.53 Å². The summed E-state index contributed by atoms with van der Waals surface area (Å²) in [7, 11) is 1.75. The molecule has 2 unspecified atom stereocenters. The summed E-state index contributed by atoms with van der Waals surface area (Å²) in [6.45, 7) is 3.05. The Kier molecular flexibility index (Phi) is 4.90. The van der Waals surface area contributed by atoms with Gasteiger partial charge in [-0.2, -0.15) is 0 Å². The molecule has 0 spiro atoms. The molecule has 82 valence electrons. The van der Waals surface area contributed by atoms with Crippen molar-refractivity contribution in [3.05, 3.63) is 0 Å². The summed E-state index contributed by atoms with van der Waals surface area (Å²) in [5.74, 6) is 0.0772. The molecule has 14 heavy (non-hydrogen) atoms. The third-order valence-corrected chi connectivity index (χ3v) is 2.64. The van der Waals surface area contributed by atoms with Gasteiger partial charge in [0.1, 0.15) is 0 Å². The van der Waals surface area contributed by atoms with E-state index in [1.54, 1.807) is 7.11 Å². The third-order valence-electron chi connectivity index (χ3n) is 2.64. The van der Waals surface area contributed by atoms with Crippen LogP contribution in [0, 0.1) is 0 Å². The van der Waals surface area contributed by atoms with Crippen LogP contribution in [0.3, 0.4) is 0 Å². The van der Waals surface area contributed by atoms with Crippen molar-refractivity contribution in [1.82, 2.24) is 10.6 Å². The maximum atomic E-state index is 11.1. The van der Waals surface area contributed by atoms with E-state index in [9.17, 15) is 4.79 Å². The summed E-state index contributed by atoms with van der Waals surface area (Å²) in [6, 6.07) is 0.447. The van der Waals surface area contributed by atoms with Gasteiger partial charge in [0.15, 0.2) is 0 Å². The number of rotatable bonds is 5. The van der Waals surface area contributed by atoms with Gasteiger partial charge in [0.2, 0.25) is 5.91 Å². The first-order valence-corrected chi connectivity index (χ1v) is 5.29. The average molecular weight is 200 g/mol. The lowest BCUT2D eigenvalue weighted by molar-refractivity contribution is -0.120. The first kappa shape index (κ1) is 11.5. The largest absolute Gasteiger partial charge is 0.381 e. The van der Waals surface area contributed by atoms with E-state index in [1.807, 2.05) is 6.92 Å². The molecule has 1 aliphatic rings. The fourth-order valence-electron chi connectivity index (χ4n) is 1.84. The SMILES string of the molecule is CCNC(=O)CNC1CCC(OC)C1. The second kappa shape index (κ2) is 5.98. The second-order valence-electron chi connectivity index (χ2n) is 3.70. The minimum absolute atomic E-state index is 0.0772. The van der Waals surface area contributed by atoms with Gasteiger partial charge in [0.25, 0.3) is 0 Å². The lowest BCUT2D eigenvalue weighted by Crippen LogP contribution is -2.38. The van der Waals surface area contributed by atoms with E-state index in [1.165, 1.54) is 0 Å². The monoisotopic (exact) mass is 200 g/mol. The van der Waals surface area contributed by atoms with Crippen LogP contribution in [-0.2, 0) is 9.53 Å². The van der Waals surface area contributed by atoms with Gasteiger partial charge in [-0.3, -0.25) is 4.79 Å². The molecule has 4 heteroatoms. The van der Waals surface area contributed by atoms with Gasteiger partial charge < -0.3 is 15.4 Å². The van der Waals surface area contributed by atoms with Gasteiger partial charge in [0, 0.05) is 19.7 Å². The van der Waals surface area contributed by atoms with E-state index in [0.717, 1.165) is 19.3 Å². The van der Waals surface area contributed by atoms with E-state index in [0.29, 0.717) is 25.2 Å². The second-order valence-corrected chi connectivity index (χ2v) is 3.70. The number of nitrogens with one attached hydrogen (secondary N) is 2. The molecule has 2 N–H and O–H groups in total. The number of hydrogen-bond donors (Lipinski definition) is 2. The molecule has 1 amide bonds. The van der Waals surface area contributed by atoms with Crippen LogP contribution < -0.4 is 10.6 Å². The highest BCUT2D eigenvalue weighted by atomic mass is 16.5. The van der Waals surface area contributed by atoms with Crippen molar-refractivity contribution in [3.63, 3.8) is 0 Å². The Morgan fingerprint density at radius 3 is 2.86 bits per heavy atom. The number of methoxy groups -OCH3 is 1. The van der Waals surface area contributed by atoms with Gasteiger partial charge in [0.05, 0.1) is 12.6 Å². The quantitative estimate of drug-likeness (QED) is 0.670. The number of hydrogen-bond acceptors (Lipinski definition) is 3. The molecular weight excluding hydrogens is 180 g/mol. The number of carbonyl (C=O) groups excluding carboxylic acids is 1. The Balaban J connectivity index is 2.11. The zero-order valence-corrected chi connectivity index (χ0v) is 9.01. The summed E-state index contributed by atoms with van der Waals surface area (Å²) in [5.41, 5.74) is 0. The summed E-state index contributed by atoms with van der Waals surface area (Å²) in [4.78, 5) is 11.1. The topological polar surface area (TPSA) is 50.4 Å². The minimum atomic E-state index is 0.0772. The average Bonchev–Trinajstić information content (AvgIpc) is 2.63. The highest BCUT2D eigenvalue weighted by molar-refractivity contribution is 5.77.